The van der Waals surface area contributed by atoms with Gasteiger partial charge in [0.15, 0.2) is 0 Å². The summed E-state index contributed by atoms with van der Waals surface area (Å²) in [6.45, 7) is 8.08. The third-order valence-corrected chi connectivity index (χ3v) is 4.24. The molecule has 0 saturated carbocycles. The number of carbonyl (C=O) groups excluding carboxylic acids is 1. The van der Waals surface area contributed by atoms with Crippen molar-refractivity contribution in [3.05, 3.63) is 76.6 Å². The molecule has 5 heteroatoms. The smallest absolute Gasteiger partial charge is 0.258 e. The molecule has 0 unspecified atom stereocenters. The van der Waals surface area contributed by atoms with E-state index < -0.39 is 0 Å². The fourth-order valence-electron chi connectivity index (χ4n) is 2.77. The van der Waals surface area contributed by atoms with Crippen LogP contribution in [0.2, 0.25) is 0 Å². The van der Waals surface area contributed by atoms with Crippen LogP contribution in [0.25, 0.3) is 0 Å². The summed E-state index contributed by atoms with van der Waals surface area (Å²) >= 11 is 0. The molecule has 132 valence electrons. The Morgan fingerprint density at radius 2 is 1.58 bits per heavy atom. The number of hydrogen-bond acceptors (Lipinski definition) is 4. The number of nitrogens with one attached hydrogen (secondary N) is 2. The number of nitrogens with zero attached hydrogens (tertiary/aromatic N) is 2. The van der Waals surface area contributed by atoms with Crippen LogP contribution in [-0.4, -0.2) is 15.9 Å². The number of carbonyl (C=O) groups is 1. The first-order valence-electron chi connectivity index (χ1n) is 8.47. The molecule has 2 N–H and O–H groups in total. The Kier molecular flexibility index (Phi) is 4.98. The molecular weight excluding hydrogens is 324 g/mol. The van der Waals surface area contributed by atoms with Crippen LogP contribution in [0.4, 0.5) is 17.3 Å². The Bertz CT molecular complexity index is 928. The van der Waals surface area contributed by atoms with E-state index in [2.05, 4.69) is 26.7 Å². The summed E-state index contributed by atoms with van der Waals surface area (Å²) in [6.07, 6.45) is 3.05. The first-order valence-corrected chi connectivity index (χ1v) is 8.47. The van der Waals surface area contributed by atoms with E-state index in [1.807, 2.05) is 58.0 Å². The molecular formula is C21H22N4O. The molecule has 0 radical (unpaired) electrons. The quantitative estimate of drug-likeness (QED) is 0.718. The molecule has 26 heavy (non-hydrogen) atoms. The molecule has 0 spiro atoms. The Hall–Kier alpha value is -3.21. The van der Waals surface area contributed by atoms with Crippen molar-refractivity contribution < 1.29 is 4.79 Å². The van der Waals surface area contributed by atoms with Gasteiger partial charge in [-0.05, 0) is 68.1 Å². The van der Waals surface area contributed by atoms with Crippen molar-refractivity contribution >= 4 is 23.2 Å². The van der Waals surface area contributed by atoms with E-state index in [1.165, 1.54) is 12.4 Å². The lowest BCUT2D eigenvalue weighted by molar-refractivity contribution is 0.102. The first-order chi connectivity index (χ1) is 12.4. The topological polar surface area (TPSA) is 66.9 Å². The zero-order valence-electron chi connectivity index (χ0n) is 15.4. The molecule has 3 aromatic rings. The minimum Gasteiger partial charge on any atom is -0.324 e. The molecule has 3 rings (SSSR count). The zero-order chi connectivity index (χ0) is 18.7. The maximum Gasteiger partial charge on any atom is 0.258 e. The van der Waals surface area contributed by atoms with Crippen LogP contribution < -0.4 is 10.6 Å². The first kappa shape index (κ1) is 17.6. The van der Waals surface area contributed by atoms with Crippen LogP contribution in [0, 0.1) is 27.7 Å². The second-order valence-corrected chi connectivity index (χ2v) is 6.50. The normalized spacial score (nSPS) is 10.5. The van der Waals surface area contributed by atoms with Crippen LogP contribution in [0.1, 0.15) is 32.6 Å². The van der Waals surface area contributed by atoms with Gasteiger partial charge in [0.25, 0.3) is 5.91 Å². The van der Waals surface area contributed by atoms with E-state index in [0.717, 1.165) is 33.6 Å². The molecule has 1 aromatic heterocycles. The standard InChI is InChI=1S/C21H22N4O/c1-13-8-14(2)10-18(9-13)24-21-22-11-17(12-23-21)20(26)25-19-7-5-6-15(3)16(19)4/h5-12H,1-4H3,(H,25,26)(H,22,23,24). The highest BCUT2D eigenvalue weighted by molar-refractivity contribution is 6.04. The molecule has 2 aromatic carbocycles. The molecule has 1 heterocycles. The van der Waals surface area contributed by atoms with Gasteiger partial charge >= 0.3 is 0 Å². The summed E-state index contributed by atoms with van der Waals surface area (Å²) in [5.41, 5.74) is 6.65. The predicted octanol–water partition coefficient (Wildman–Crippen LogP) is 4.71. The number of aryl methyl sites for hydroxylation is 3. The van der Waals surface area contributed by atoms with Gasteiger partial charge in [-0.15, -0.1) is 0 Å². The predicted molar refractivity (Wildman–Crippen MR) is 105 cm³/mol. The molecule has 0 aliphatic rings. The van der Waals surface area contributed by atoms with Crippen molar-refractivity contribution in [3.63, 3.8) is 0 Å². The van der Waals surface area contributed by atoms with Crippen molar-refractivity contribution in [1.29, 1.82) is 0 Å². The van der Waals surface area contributed by atoms with E-state index in [9.17, 15) is 4.79 Å². The molecule has 0 aliphatic carbocycles. The van der Waals surface area contributed by atoms with Gasteiger partial charge in [0.2, 0.25) is 5.95 Å². The summed E-state index contributed by atoms with van der Waals surface area (Å²) < 4.78 is 0. The summed E-state index contributed by atoms with van der Waals surface area (Å²) in [5.74, 6) is 0.231. The van der Waals surface area contributed by atoms with E-state index >= 15 is 0 Å². The van der Waals surface area contributed by atoms with Gasteiger partial charge in [0.05, 0.1) is 5.56 Å². The average molecular weight is 346 g/mol. The number of aromatic nitrogens is 2. The zero-order valence-corrected chi connectivity index (χ0v) is 15.4. The Balaban J connectivity index is 1.72. The largest absolute Gasteiger partial charge is 0.324 e. The maximum atomic E-state index is 12.4. The van der Waals surface area contributed by atoms with Crippen LogP contribution in [-0.2, 0) is 0 Å². The second kappa shape index (κ2) is 7.35. The van der Waals surface area contributed by atoms with E-state index in [4.69, 9.17) is 0 Å². The van der Waals surface area contributed by atoms with Gasteiger partial charge in [0, 0.05) is 23.8 Å². The lowest BCUT2D eigenvalue weighted by Gasteiger charge is -2.10. The third kappa shape index (κ3) is 4.06. The lowest BCUT2D eigenvalue weighted by atomic mass is 10.1. The molecule has 0 fully saturated rings. The van der Waals surface area contributed by atoms with Crippen LogP contribution in [0.3, 0.4) is 0 Å². The molecule has 0 atom stereocenters. The van der Waals surface area contributed by atoms with Gasteiger partial charge in [-0.3, -0.25) is 4.79 Å². The molecule has 0 aliphatic heterocycles. The number of benzene rings is 2. The van der Waals surface area contributed by atoms with E-state index in [1.54, 1.807) is 0 Å². The number of amides is 1. The second-order valence-electron chi connectivity index (χ2n) is 6.50. The van der Waals surface area contributed by atoms with Gasteiger partial charge < -0.3 is 10.6 Å². The summed E-state index contributed by atoms with van der Waals surface area (Å²) in [7, 11) is 0. The molecule has 0 saturated heterocycles. The number of rotatable bonds is 4. The van der Waals surface area contributed by atoms with Gasteiger partial charge in [-0.1, -0.05) is 18.2 Å². The van der Waals surface area contributed by atoms with Gasteiger partial charge in [-0.25, -0.2) is 9.97 Å². The Morgan fingerprint density at radius 3 is 2.23 bits per heavy atom. The van der Waals surface area contributed by atoms with Crippen LogP contribution in [0.15, 0.2) is 48.8 Å². The van der Waals surface area contributed by atoms with Crippen molar-refractivity contribution in [2.75, 3.05) is 10.6 Å². The highest BCUT2D eigenvalue weighted by Gasteiger charge is 2.10. The van der Waals surface area contributed by atoms with Crippen molar-refractivity contribution in [1.82, 2.24) is 9.97 Å². The van der Waals surface area contributed by atoms with Crippen LogP contribution >= 0.6 is 0 Å². The average Bonchev–Trinajstić information content (AvgIpc) is 2.58. The SMILES string of the molecule is Cc1cc(C)cc(Nc2ncc(C(=O)Nc3cccc(C)c3C)cn2)c1. The number of anilines is 3. The highest BCUT2D eigenvalue weighted by Crippen LogP contribution is 2.19. The minimum absolute atomic E-state index is 0.225. The van der Waals surface area contributed by atoms with Crippen molar-refractivity contribution in [2.24, 2.45) is 0 Å². The summed E-state index contributed by atoms with van der Waals surface area (Å²) in [5, 5.41) is 6.08. The number of hydrogen-bond donors (Lipinski definition) is 2. The monoisotopic (exact) mass is 346 g/mol. The maximum absolute atomic E-state index is 12.4. The molecule has 1 amide bonds. The van der Waals surface area contributed by atoms with Gasteiger partial charge in [-0.2, -0.15) is 0 Å². The third-order valence-electron chi connectivity index (χ3n) is 4.24. The molecule has 5 nitrogen and oxygen atoms in total. The van der Waals surface area contributed by atoms with Crippen molar-refractivity contribution in [3.8, 4) is 0 Å². The van der Waals surface area contributed by atoms with Gasteiger partial charge in [0.1, 0.15) is 0 Å². The van der Waals surface area contributed by atoms with Crippen molar-refractivity contribution in [2.45, 2.75) is 27.7 Å². The Labute approximate surface area is 153 Å². The van der Waals surface area contributed by atoms with E-state index in [0.29, 0.717) is 11.5 Å². The minimum atomic E-state index is -0.225. The molecule has 0 bridgehead atoms. The highest BCUT2D eigenvalue weighted by atomic mass is 16.1. The van der Waals surface area contributed by atoms with Crippen LogP contribution in [0.5, 0.6) is 0 Å². The fourth-order valence-corrected chi connectivity index (χ4v) is 2.77. The van der Waals surface area contributed by atoms with E-state index in [-0.39, 0.29) is 5.91 Å². The summed E-state index contributed by atoms with van der Waals surface area (Å²) in [6, 6.07) is 12.0. The Morgan fingerprint density at radius 1 is 0.923 bits per heavy atom. The summed E-state index contributed by atoms with van der Waals surface area (Å²) in [4.78, 5) is 20.9. The lowest BCUT2D eigenvalue weighted by Crippen LogP contribution is -2.14. The fraction of sp³-hybridized carbons (Fsp3) is 0.190.